The van der Waals surface area contributed by atoms with E-state index < -0.39 is 11.6 Å². The highest BCUT2D eigenvalue weighted by Crippen LogP contribution is 2.21. The van der Waals surface area contributed by atoms with Gasteiger partial charge in [-0.1, -0.05) is 6.07 Å². The Morgan fingerprint density at radius 1 is 1.05 bits per heavy atom. The lowest BCUT2D eigenvalue weighted by Crippen LogP contribution is -1.99. The Balaban J connectivity index is 2.22. The lowest BCUT2D eigenvalue weighted by atomic mass is 10.1. The van der Waals surface area contributed by atoms with E-state index >= 15 is 0 Å². The van der Waals surface area contributed by atoms with Gasteiger partial charge in [-0.3, -0.25) is 0 Å². The van der Waals surface area contributed by atoms with Crippen molar-refractivity contribution in [3.05, 3.63) is 64.7 Å². The van der Waals surface area contributed by atoms with Crippen molar-refractivity contribution >= 4 is 0 Å². The summed E-state index contributed by atoms with van der Waals surface area (Å²) in [4.78, 5) is 0. The molecule has 0 unspecified atom stereocenters. The molecule has 5 heteroatoms. The van der Waals surface area contributed by atoms with Crippen LogP contribution in [0.1, 0.15) is 16.7 Å². The molecule has 0 atom stereocenters. The smallest absolute Gasteiger partial charge is 0.144 e. The molecule has 0 saturated carbocycles. The van der Waals surface area contributed by atoms with Crippen molar-refractivity contribution in [2.45, 2.75) is 6.61 Å². The van der Waals surface area contributed by atoms with Crippen LogP contribution in [0.15, 0.2) is 36.4 Å². The first-order valence-electron chi connectivity index (χ1n) is 5.65. The summed E-state index contributed by atoms with van der Waals surface area (Å²) in [5.74, 6) is -1.15. The minimum atomic E-state index is -0.679. The third-order valence-electron chi connectivity index (χ3n) is 2.57. The van der Waals surface area contributed by atoms with E-state index in [0.29, 0.717) is 5.56 Å². The molecular formula is C15H8F2N2O. The van der Waals surface area contributed by atoms with E-state index in [9.17, 15) is 8.78 Å². The van der Waals surface area contributed by atoms with Gasteiger partial charge in [-0.15, -0.1) is 0 Å². The minimum absolute atomic E-state index is 0.0649. The van der Waals surface area contributed by atoms with Gasteiger partial charge in [-0.05, 0) is 35.9 Å². The first-order valence-corrected chi connectivity index (χ1v) is 5.65. The molecule has 0 aromatic heterocycles. The number of ether oxygens (including phenoxy) is 1. The van der Waals surface area contributed by atoms with Crippen LogP contribution in [0, 0.1) is 34.3 Å². The van der Waals surface area contributed by atoms with Gasteiger partial charge in [0.15, 0.2) is 0 Å². The standard InChI is InChI=1S/C15H8F2N2O/c16-12-5-10(7-18)4-11(6-12)9-20-15-3-1-2-14(17)13(15)8-19/h1-6H,9H2. The summed E-state index contributed by atoms with van der Waals surface area (Å²) in [7, 11) is 0. The molecule has 0 aliphatic carbocycles. The van der Waals surface area contributed by atoms with E-state index in [0.717, 1.165) is 12.1 Å². The molecular weight excluding hydrogens is 262 g/mol. The Labute approximate surface area is 114 Å². The number of nitriles is 2. The molecule has 0 fully saturated rings. The Morgan fingerprint density at radius 3 is 2.55 bits per heavy atom. The molecule has 0 saturated heterocycles. The molecule has 0 N–H and O–H groups in total. The predicted octanol–water partition coefficient (Wildman–Crippen LogP) is 3.29. The first kappa shape index (κ1) is 13.5. The summed E-state index contributed by atoms with van der Waals surface area (Å²) in [6.45, 7) is -0.0649. The average molecular weight is 270 g/mol. The second-order valence-electron chi connectivity index (χ2n) is 3.97. The maximum atomic E-state index is 13.4. The van der Waals surface area contributed by atoms with Crippen molar-refractivity contribution in [1.29, 1.82) is 10.5 Å². The van der Waals surface area contributed by atoms with Gasteiger partial charge in [0.2, 0.25) is 0 Å². The van der Waals surface area contributed by atoms with E-state index in [2.05, 4.69) is 0 Å². The molecule has 0 amide bonds. The molecule has 0 radical (unpaired) electrons. The number of hydrogen-bond donors (Lipinski definition) is 0. The molecule has 20 heavy (non-hydrogen) atoms. The highest BCUT2D eigenvalue weighted by atomic mass is 19.1. The van der Waals surface area contributed by atoms with E-state index in [1.165, 1.54) is 24.3 Å². The summed E-state index contributed by atoms with van der Waals surface area (Å²) in [6, 6.07) is 11.3. The fourth-order valence-corrected chi connectivity index (χ4v) is 1.69. The average Bonchev–Trinajstić information content (AvgIpc) is 2.44. The Hall–Kier alpha value is -2.92. The van der Waals surface area contributed by atoms with Gasteiger partial charge in [0.05, 0.1) is 11.6 Å². The van der Waals surface area contributed by atoms with Crippen LogP contribution in [0.4, 0.5) is 8.78 Å². The number of nitrogens with zero attached hydrogens (tertiary/aromatic N) is 2. The largest absolute Gasteiger partial charge is 0.487 e. The first-order chi connectivity index (χ1) is 9.63. The molecule has 3 nitrogen and oxygen atoms in total. The topological polar surface area (TPSA) is 56.8 Å². The van der Waals surface area contributed by atoms with Crippen LogP contribution in [0.3, 0.4) is 0 Å². The van der Waals surface area contributed by atoms with Crippen molar-refractivity contribution in [2.24, 2.45) is 0 Å². The SMILES string of the molecule is N#Cc1cc(F)cc(COc2cccc(F)c2C#N)c1. The number of hydrogen-bond acceptors (Lipinski definition) is 3. The van der Waals surface area contributed by atoms with Gasteiger partial charge in [-0.2, -0.15) is 10.5 Å². The lowest BCUT2D eigenvalue weighted by molar-refractivity contribution is 0.303. The molecule has 2 rings (SSSR count). The summed E-state index contributed by atoms with van der Waals surface area (Å²) in [5, 5.41) is 17.6. The van der Waals surface area contributed by atoms with Crippen LogP contribution in [-0.4, -0.2) is 0 Å². The highest BCUT2D eigenvalue weighted by Gasteiger charge is 2.09. The molecule has 2 aromatic carbocycles. The van der Waals surface area contributed by atoms with Crippen molar-refractivity contribution in [1.82, 2.24) is 0 Å². The van der Waals surface area contributed by atoms with Gasteiger partial charge in [0, 0.05) is 0 Å². The Morgan fingerprint density at radius 2 is 1.85 bits per heavy atom. The number of halogens is 2. The summed E-state index contributed by atoms with van der Waals surface area (Å²) in [6.07, 6.45) is 0. The molecule has 2 aromatic rings. The summed E-state index contributed by atoms with van der Waals surface area (Å²) < 4.78 is 31.9. The highest BCUT2D eigenvalue weighted by molar-refractivity contribution is 5.44. The lowest BCUT2D eigenvalue weighted by Gasteiger charge is -2.08. The maximum absolute atomic E-state index is 13.4. The van der Waals surface area contributed by atoms with Crippen molar-refractivity contribution in [2.75, 3.05) is 0 Å². The van der Waals surface area contributed by atoms with Gasteiger partial charge in [0.1, 0.15) is 35.6 Å². The van der Waals surface area contributed by atoms with E-state index in [-0.39, 0.29) is 23.5 Å². The third kappa shape index (κ3) is 2.90. The monoisotopic (exact) mass is 270 g/mol. The van der Waals surface area contributed by atoms with Crippen LogP contribution in [0.25, 0.3) is 0 Å². The second-order valence-corrected chi connectivity index (χ2v) is 3.97. The van der Waals surface area contributed by atoms with E-state index in [1.54, 1.807) is 6.07 Å². The Kier molecular flexibility index (Phi) is 3.93. The van der Waals surface area contributed by atoms with Crippen molar-refractivity contribution in [3.63, 3.8) is 0 Å². The van der Waals surface area contributed by atoms with E-state index in [1.807, 2.05) is 6.07 Å². The van der Waals surface area contributed by atoms with Crippen LogP contribution in [0.2, 0.25) is 0 Å². The molecule has 0 bridgehead atoms. The van der Waals surface area contributed by atoms with Crippen LogP contribution in [0.5, 0.6) is 5.75 Å². The zero-order valence-corrected chi connectivity index (χ0v) is 10.2. The quantitative estimate of drug-likeness (QED) is 0.859. The van der Waals surface area contributed by atoms with Gasteiger partial charge >= 0.3 is 0 Å². The van der Waals surface area contributed by atoms with E-state index in [4.69, 9.17) is 15.3 Å². The molecule has 0 spiro atoms. The second kappa shape index (κ2) is 5.81. The van der Waals surface area contributed by atoms with Crippen LogP contribution < -0.4 is 4.74 Å². The van der Waals surface area contributed by atoms with Crippen LogP contribution in [-0.2, 0) is 6.61 Å². The molecule has 98 valence electrons. The summed E-state index contributed by atoms with van der Waals surface area (Å²) >= 11 is 0. The number of rotatable bonds is 3. The third-order valence-corrected chi connectivity index (χ3v) is 2.57. The Bertz CT molecular complexity index is 730. The fraction of sp³-hybridized carbons (Fsp3) is 0.0667. The molecule has 0 aliphatic rings. The molecule has 0 heterocycles. The normalized spacial score (nSPS) is 9.60. The summed E-state index contributed by atoms with van der Waals surface area (Å²) in [5.41, 5.74) is 0.391. The van der Waals surface area contributed by atoms with Crippen molar-refractivity contribution in [3.8, 4) is 17.9 Å². The van der Waals surface area contributed by atoms with Crippen molar-refractivity contribution < 1.29 is 13.5 Å². The predicted molar refractivity (Wildman–Crippen MR) is 66.6 cm³/mol. The van der Waals surface area contributed by atoms with Gasteiger partial charge in [-0.25, -0.2) is 8.78 Å². The maximum Gasteiger partial charge on any atom is 0.144 e. The van der Waals surface area contributed by atoms with Gasteiger partial charge in [0.25, 0.3) is 0 Å². The zero-order valence-electron chi connectivity index (χ0n) is 10.2. The number of benzene rings is 2. The zero-order chi connectivity index (χ0) is 14.5. The fourth-order valence-electron chi connectivity index (χ4n) is 1.69. The minimum Gasteiger partial charge on any atom is -0.487 e. The van der Waals surface area contributed by atoms with Gasteiger partial charge < -0.3 is 4.74 Å². The van der Waals surface area contributed by atoms with Crippen LogP contribution >= 0.6 is 0 Å². The molecule has 0 aliphatic heterocycles.